The number of carbonyl (C=O) groups excluding carboxylic acids is 1. The van der Waals surface area contributed by atoms with E-state index in [1.54, 1.807) is 11.3 Å². The van der Waals surface area contributed by atoms with E-state index in [1.165, 1.54) is 0 Å². The number of nitrogens with zero attached hydrogens (tertiary/aromatic N) is 5. The van der Waals surface area contributed by atoms with Crippen molar-refractivity contribution in [2.75, 3.05) is 13.1 Å². The zero-order valence-electron chi connectivity index (χ0n) is 15.5. The fraction of sp³-hybridized carbons (Fsp3) is 0.647. The van der Waals surface area contributed by atoms with Crippen LogP contribution < -0.4 is 5.32 Å². The first-order chi connectivity index (χ1) is 12.5. The van der Waals surface area contributed by atoms with E-state index in [9.17, 15) is 9.90 Å². The predicted molar refractivity (Wildman–Crippen MR) is 98.9 cm³/mol. The molecular weight excluding hydrogens is 352 g/mol. The minimum atomic E-state index is -0.111. The number of urea groups is 1. The highest BCUT2D eigenvalue weighted by Gasteiger charge is 2.27. The average Bonchev–Trinajstić information content (AvgIpc) is 3.26. The van der Waals surface area contributed by atoms with Crippen LogP contribution in [0.1, 0.15) is 60.9 Å². The van der Waals surface area contributed by atoms with Gasteiger partial charge in [0.25, 0.3) is 0 Å². The largest absolute Gasteiger partial charge is 0.388 e. The molecule has 2 N–H and O–H groups in total. The predicted octanol–water partition coefficient (Wildman–Crippen LogP) is 1.98. The fourth-order valence-corrected chi connectivity index (χ4v) is 3.99. The summed E-state index contributed by atoms with van der Waals surface area (Å²) in [7, 11) is 1.87. The van der Waals surface area contributed by atoms with Gasteiger partial charge < -0.3 is 19.9 Å². The van der Waals surface area contributed by atoms with Crippen molar-refractivity contribution in [2.24, 2.45) is 7.05 Å². The molecule has 1 fully saturated rings. The van der Waals surface area contributed by atoms with E-state index in [-0.39, 0.29) is 18.6 Å². The SMILES string of the molecule is CC(C)c1nc(CNC(=O)N2CCC(c3nnc(CO)n3C)CC2)cs1. The Morgan fingerprint density at radius 2 is 2.12 bits per heavy atom. The highest BCUT2D eigenvalue weighted by Crippen LogP contribution is 2.27. The summed E-state index contributed by atoms with van der Waals surface area (Å²) in [5.41, 5.74) is 0.914. The molecule has 2 aromatic rings. The normalized spacial score (nSPS) is 15.7. The number of carbonyl (C=O) groups is 1. The van der Waals surface area contributed by atoms with Crippen molar-refractivity contribution >= 4 is 17.4 Å². The second-order valence-electron chi connectivity index (χ2n) is 6.94. The summed E-state index contributed by atoms with van der Waals surface area (Å²) in [5.74, 6) is 2.14. The van der Waals surface area contributed by atoms with Crippen LogP contribution in [-0.2, 0) is 20.2 Å². The van der Waals surface area contributed by atoms with Gasteiger partial charge in [0.05, 0.1) is 17.2 Å². The molecule has 2 aromatic heterocycles. The number of amides is 2. The quantitative estimate of drug-likeness (QED) is 0.829. The van der Waals surface area contributed by atoms with Crippen molar-refractivity contribution < 1.29 is 9.90 Å². The zero-order valence-corrected chi connectivity index (χ0v) is 16.3. The van der Waals surface area contributed by atoms with E-state index in [0.29, 0.717) is 31.4 Å². The van der Waals surface area contributed by atoms with Gasteiger partial charge >= 0.3 is 6.03 Å². The average molecular weight is 379 g/mol. The van der Waals surface area contributed by atoms with E-state index < -0.39 is 0 Å². The molecule has 1 aliphatic rings. The minimum absolute atomic E-state index is 0.0449. The molecule has 0 aliphatic carbocycles. The second-order valence-corrected chi connectivity index (χ2v) is 7.83. The summed E-state index contributed by atoms with van der Waals surface area (Å²) in [6.45, 7) is 5.96. The van der Waals surface area contributed by atoms with Crippen molar-refractivity contribution in [3.8, 4) is 0 Å². The van der Waals surface area contributed by atoms with E-state index in [2.05, 4.69) is 34.3 Å². The van der Waals surface area contributed by atoms with Crippen LogP contribution in [0.25, 0.3) is 0 Å². The molecule has 0 atom stereocenters. The van der Waals surface area contributed by atoms with Crippen molar-refractivity contribution in [3.05, 3.63) is 27.7 Å². The first-order valence-electron chi connectivity index (χ1n) is 8.95. The maximum Gasteiger partial charge on any atom is 0.317 e. The summed E-state index contributed by atoms with van der Waals surface area (Å²) < 4.78 is 1.86. The maximum absolute atomic E-state index is 12.4. The number of likely N-dealkylation sites (tertiary alicyclic amines) is 1. The first-order valence-corrected chi connectivity index (χ1v) is 9.83. The highest BCUT2D eigenvalue weighted by molar-refractivity contribution is 7.09. The van der Waals surface area contributed by atoms with Crippen LogP contribution in [0, 0.1) is 0 Å². The van der Waals surface area contributed by atoms with Gasteiger partial charge in [0.1, 0.15) is 12.4 Å². The molecule has 3 rings (SSSR count). The van der Waals surface area contributed by atoms with Gasteiger partial charge in [-0.25, -0.2) is 9.78 Å². The molecule has 8 nitrogen and oxygen atoms in total. The van der Waals surface area contributed by atoms with E-state index in [0.717, 1.165) is 29.4 Å². The van der Waals surface area contributed by atoms with Gasteiger partial charge in [0.2, 0.25) is 0 Å². The van der Waals surface area contributed by atoms with E-state index in [4.69, 9.17) is 0 Å². The summed E-state index contributed by atoms with van der Waals surface area (Å²) in [5, 5.41) is 23.5. The van der Waals surface area contributed by atoms with Crippen LogP contribution in [-0.4, -0.2) is 48.9 Å². The second kappa shape index (κ2) is 8.13. The standard InChI is InChI=1S/C17H26N6O2S/c1-11(2)16-19-13(10-26-16)8-18-17(25)23-6-4-12(5-7-23)15-21-20-14(9-24)22(15)3/h10-12,24H,4-9H2,1-3H3,(H,18,25). The van der Waals surface area contributed by atoms with Gasteiger partial charge in [-0.1, -0.05) is 13.8 Å². The maximum atomic E-state index is 12.4. The van der Waals surface area contributed by atoms with Crippen LogP contribution in [0.3, 0.4) is 0 Å². The number of thiazole rings is 1. The molecule has 0 saturated carbocycles. The fourth-order valence-electron chi connectivity index (χ4n) is 3.16. The number of piperidine rings is 1. The minimum Gasteiger partial charge on any atom is -0.388 e. The Balaban J connectivity index is 1.49. The van der Waals surface area contributed by atoms with Crippen molar-refractivity contribution in [1.82, 2.24) is 30.0 Å². The van der Waals surface area contributed by atoms with Crippen LogP contribution >= 0.6 is 11.3 Å². The Morgan fingerprint density at radius 3 is 2.69 bits per heavy atom. The smallest absolute Gasteiger partial charge is 0.317 e. The van der Waals surface area contributed by atoms with Gasteiger partial charge in [-0.2, -0.15) is 0 Å². The number of hydrogen-bond acceptors (Lipinski definition) is 6. The third-order valence-corrected chi connectivity index (χ3v) is 5.97. The summed E-state index contributed by atoms with van der Waals surface area (Å²) in [4.78, 5) is 18.8. The Labute approximate surface area is 157 Å². The van der Waals surface area contributed by atoms with Gasteiger partial charge in [-0.15, -0.1) is 21.5 Å². The molecule has 0 bridgehead atoms. The third kappa shape index (κ3) is 4.04. The van der Waals surface area contributed by atoms with Crippen LogP contribution in [0.4, 0.5) is 4.79 Å². The number of nitrogens with one attached hydrogen (secondary N) is 1. The molecule has 0 unspecified atom stereocenters. The number of aliphatic hydroxyl groups excluding tert-OH is 1. The molecule has 26 heavy (non-hydrogen) atoms. The molecule has 0 aromatic carbocycles. The van der Waals surface area contributed by atoms with Crippen LogP contribution in [0.15, 0.2) is 5.38 Å². The molecule has 2 amide bonds. The lowest BCUT2D eigenvalue weighted by molar-refractivity contribution is 0.179. The molecule has 0 radical (unpaired) electrons. The Hall–Kier alpha value is -2.00. The summed E-state index contributed by atoms with van der Waals surface area (Å²) in [6.07, 6.45) is 1.69. The van der Waals surface area contributed by atoms with Crippen LogP contribution in [0.5, 0.6) is 0 Å². The first kappa shape index (κ1) is 18.8. The number of aliphatic hydroxyl groups is 1. The van der Waals surface area contributed by atoms with Gasteiger partial charge in [-0.05, 0) is 12.8 Å². The zero-order chi connectivity index (χ0) is 18.7. The third-order valence-electron chi connectivity index (χ3n) is 4.77. The Kier molecular flexibility index (Phi) is 5.87. The summed E-state index contributed by atoms with van der Waals surface area (Å²) >= 11 is 1.64. The highest BCUT2D eigenvalue weighted by atomic mass is 32.1. The molecular formula is C17H26N6O2S. The molecule has 1 saturated heterocycles. The van der Waals surface area contributed by atoms with E-state index in [1.807, 2.05) is 21.9 Å². The lowest BCUT2D eigenvalue weighted by Crippen LogP contribution is -2.44. The Morgan fingerprint density at radius 1 is 1.38 bits per heavy atom. The Bertz CT molecular complexity index is 748. The lowest BCUT2D eigenvalue weighted by atomic mass is 9.96. The molecule has 1 aliphatic heterocycles. The molecule has 0 spiro atoms. The molecule has 9 heteroatoms. The monoisotopic (exact) mass is 378 g/mol. The van der Waals surface area contributed by atoms with Crippen molar-refractivity contribution in [3.63, 3.8) is 0 Å². The van der Waals surface area contributed by atoms with Crippen LogP contribution in [0.2, 0.25) is 0 Å². The number of aromatic nitrogens is 4. The number of rotatable bonds is 5. The molecule has 3 heterocycles. The topological polar surface area (TPSA) is 96.2 Å². The molecule has 142 valence electrons. The lowest BCUT2D eigenvalue weighted by Gasteiger charge is -2.31. The summed E-state index contributed by atoms with van der Waals surface area (Å²) in [6, 6.07) is -0.0449. The van der Waals surface area contributed by atoms with Crippen molar-refractivity contribution in [1.29, 1.82) is 0 Å². The van der Waals surface area contributed by atoms with Crippen molar-refractivity contribution in [2.45, 2.75) is 51.7 Å². The van der Waals surface area contributed by atoms with Gasteiger partial charge in [0, 0.05) is 37.4 Å². The van der Waals surface area contributed by atoms with E-state index >= 15 is 0 Å². The van der Waals surface area contributed by atoms with Gasteiger partial charge in [-0.3, -0.25) is 0 Å². The number of hydrogen-bond donors (Lipinski definition) is 2. The van der Waals surface area contributed by atoms with Gasteiger partial charge in [0.15, 0.2) is 5.82 Å².